The van der Waals surface area contributed by atoms with Crippen molar-refractivity contribution in [3.63, 3.8) is 0 Å². The Morgan fingerprint density at radius 2 is 2.40 bits per heavy atom. The maximum absolute atomic E-state index is 11.7. The molecule has 1 saturated heterocycles. The summed E-state index contributed by atoms with van der Waals surface area (Å²) in [6.07, 6.45) is 3.93. The predicted molar refractivity (Wildman–Crippen MR) is 77.0 cm³/mol. The highest BCUT2D eigenvalue weighted by atomic mass is 16.5. The van der Waals surface area contributed by atoms with E-state index in [2.05, 4.69) is 9.88 Å². The number of aromatic nitrogens is 1. The molecule has 1 aliphatic rings. The van der Waals surface area contributed by atoms with Crippen LogP contribution in [0.5, 0.6) is 0 Å². The van der Waals surface area contributed by atoms with Crippen LogP contribution in [0.1, 0.15) is 25.0 Å². The summed E-state index contributed by atoms with van der Waals surface area (Å²) in [5, 5.41) is 9.64. The molecule has 0 unspecified atom stereocenters. The number of anilines is 1. The van der Waals surface area contributed by atoms with Gasteiger partial charge in [-0.2, -0.15) is 0 Å². The summed E-state index contributed by atoms with van der Waals surface area (Å²) in [6, 6.07) is 3.95. The van der Waals surface area contributed by atoms with Crippen LogP contribution in [0.25, 0.3) is 0 Å². The Morgan fingerprint density at radius 1 is 1.60 bits per heavy atom. The average molecular weight is 278 g/mol. The lowest BCUT2D eigenvalue weighted by Crippen LogP contribution is -2.48. The largest absolute Gasteiger partial charge is 0.481 e. The van der Waals surface area contributed by atoms with Gasteiger partial charge >= 0.3 is 5.97 Å². The molecule has 0 bridgehead atoms. The molecule has 0 saturated carbocycles. The molecule has 5 nitrogen and oxygen atoms in total. The van der Waals surface area contributed by atoms with Gasteiger partial charge in [0.15, 0.2) is 0 Å². The molecule has 2 rings (SSSR count). The molecule has 1 N–H and O–H groups in total. The highest BCUT2D eigenvalue weighted by molar-refractivity contribution is 5.76. The van der Waals surface area contributed by atoms with E-state index in [4.69, 9.17) is 4.74 Å². The zero-order valence-corrected chi connectivity index (χ0v) is 12.1. The molecule has 1 atom stereocenters. The minimum absolute atomic E-state index is 0.482. The molecule has 2 heterocycles. The Hall–Kier alpha value is -1.62. The number of carbonyl (C=O) groups is 1. The van der Waals surface area contributed by atoms with E-state index < -0.39 is 11.4 Å². The van der Waals surface area contributed by atoms with Gasteiger partial charge < -0.3 is 14.7 Å². The van der Waals surface area contributed by atoms with Crippen molar-refractivity contribution >= 4 is 11.7 Å². The van der Waals surface area contributed by atoms with E-state index in [1.807, 2.05) is 19.1 Å². The molecule has 0 spiro atoms. The van der Waals surface area contributed by atoms with Gasteiger partial charge in [-0.05, 0) is 38.3 Å². The van der Waals surface area contributed by atoms with Crippen molar-refractivity contribution in [1.82, 2.24) is 4.98 Å². The van der Waals surface area contributed by atoms with Crippen molar-refractivity contribution in [3.05, 3.63) is 24.0 Å². The monoisotopic (exact) mass is 278 g/mol. The van der Waals surface area contributed by atoms with Crippen LogP contribution in [0.15, 0.2) is 18.3 Å². The van der Waals surface area contributed by atoms with Gasteiger partial charge in [0.1, 0.15) is 0 Å². The average Bonchev–Trinajstić information content (AvgIpc) is 2.45. The summed E-state index contributed by atoms with van der Waals surface area (Å²) in [4.78, 5) is 18.1. The van der Waals surface area contributed by atoms with Crippen molar-refractivity contribution in [2.75, 3.05) is 31.7 Å². The van der Waals surface area contributed by atoms with Crippen LogP contribution in [-0.2, 0) is 9.53 Å². The van der Waals surface area contributed by atoms with Crippen LogP contribution in [0, 0.1) is 12.3 Å². The number of ether oxygens (including phenoxy) is 1. The van der Waals surface area contributed by atoms with E-state index in [1.54, 1.807) is 13.3 Å². The maximum Gasteiger partial charge on any atom is 0.311 e. The highest BCUT2D eigenvalue weighted by Crippen LogP contribution is 2.36. The van der Waals surface area contributed by atoms with E-state index in [0.717, 1.165) is 24.3 Å². The smallest absolute Gasteiger partial charge is 0.311 e. The van der Waals surface area contributed by atoms with E-state index >= 15 is 0 Å². The SMILES string of the molecule is COCC[C@]1(C(=O)O)CCCN(c2ccnc(C)c2)C1. The summed E-state index contributed by atoms with van der Waals surface area (Å²) in [6.45, 7) is 3.86. The Labute approximate surface area is 119 Å². The van der Waals surface area contributed by atoms with Crippen LogP contribution in [0.4, 0.5) is 5.69 Å². The van der Waals surface area contributed by atoms with Gasteiger partial charge in [0.2, 0.25) is 0 Å². The van der Waals surface area contributed by atoms with Gasteiger partial charge in [-0.3, -0.25) is 9.78 Å². The first-order valence-electron chi connectivity index (χ1n) is 6.97. The number of carboxylic acid groups (broad SMARTS) is 1. The molecule has 1 aliphatic heterocycles. The molecule has 1 aromatic heterocycles. The lowest BCUT2D eigenvalue weighted by Gasteiger charge is -2.41. The molecular formula is C15H22N2O3. The predicted octanol–water partition coefficient (Wildman–Crippen LogP) is 2.10. The molecule has 5 heteroatoms. The summed E-state index contributed by atoms with van der Waals surface area (Å²) in [5.74, 6) is -0.718. The van der Waals surface area contributed by atoms with E-state index in [9.17, 15) is 9.90 Å². The number of aliphatic carboxylic acids is 1. The zero-order chi connectivity index (χ0) is 14.6. The summed E-state index contributed by atoms with van der Waals surface area (Å²) in [5.41, 5.74) is 1.30. The molecule has 0 radical (unpaired) electrons. The lowest BCUT2D eigenvalue weighted by atomic mass is 9.77. The number of nitrogens with zero attached hydrogens (tertiary/aromatic N) is 2. The summed E-state index contributed by atoms with van der Waals surface area (Å²) < 4.78 is 5.09. The Morgan fingerprint density at radius 3 is 3.05 bits per heavy atom. The van der Waals surface area contributed by atoms with Crippen LogP contribution in [0.2, 0.25) is 0 Å². The number of piperidine rings is 1. The molecule has 0 aromatic carbocycles. The number of hydrogen-bond donors (Lipinski definition) is 1. The second-order valence-electron chi connectivity index (χ2n) is 5.51. The number of methoxy groups -OCH3 is 1. The second-order valence-corrected chi connectivity index (χ2v) is 5.51. The van der Waals surface area contributed by atoms with E-state index in [1.165, 1.54) is 0 Å². The van der Waals surface area contributed by atoms with Crippen molar-refractivity contribution in [1.29, 1.82) is 0 Å². The van der Waals surface area contributed by atoms with E-state index in [-0.39, 0.29) is 0 Å². The van der Waals surface area contributed by atoms with Gasteiger partial charge in [-0.25, -0.2) is 0 Å². The molecular weight excluding hydrogens is 256 g/mol. The quantitative estimate of drug-likeness (QED) is 0.893. The standard InChI is InChI=1S/C15H22N2O3/c1-12-10-13(4-7-16-12)17-8-3-5-15(11-17,14(18)19)6-9-20-2/h4,7,10H,3,5-6,8-9,11H2,1-2H3,(H,18,19)/t15-/m1/s1. The van der Waals surface area contributed by atoms with Crippen molar-refractivity contribution in [2.45, 2.75) is 26.2 Å². The number of carboxylic acids is 1. The van der Waals surface area contributed by atoms with Gasteiger partial charge in [-0.15, -0.1) is 0 Å². The van der Waals surface area contributed by atoms with Crippen molar-refractivity contribution < 1.29 is 14.6 Å². The third-order valence-electron chi connectivity index (χ3n) is 4.06. The fraction of sp³-hybridized carbons (Fsp3) is 0.600. The third-order valence-corrected chi connectivity index (χ3v) is 4.06. The molecule has 0 aliphatic carbocycles. The Bertz CT molecular complexity index is 478. The zero-order valence-electron chi connectivity index (χ0n) is 12.1. The van der Waals surface area contributed by atoms with Crippen LogP contribution >= 0.6 is 0 Å². The first-order chi connectivity index (χ1) is 9.57. The molecule has 0 amide bonds. The lowest BCUT2D eigenvalue weighted by molar-refractivity contribution is -0.150. The maximum atomic E-state index is 11.7. The third kappa shape index (κ3) is 3.10. The topological polar surface area (TPSA) is 62.7 Å². The molecule has 1 aromatic rings. The highest BCUT2D eigenvalue weighted by Gasteiger charge is 2.42. The fourth-order valence-corrected chi connectivity index (χ4v) is 2.86. The van der Waals surface area contributed by atoms with Crippen molar-refractivity contribution in [2.24, 2.45) is 5.41 Å². The Kier molecular flexibility index (Phi) is 4.60. The van der Waals surface area contributed by atoms with Crippen LogP contribution in [0.3, 0.4) is 0 Å². The van der Waals surface area contributed by atoms with E-state index in [0.29, 0.717) is 26.0 Å². The molecule has 20 heavy (non-hydrogen) atoms. The normalized spacial score (nSPS) is 22.8. The summed E-state index contributed by atoms with van der Waals surface area (Å²) >= 11 is 0. The minimum atomic E-state index is -0.718. The first-order valence-corrected chi connectivity index (χ1v) is 6.97. The second kappa shape index (κ2) is 6.22. The van der Waals surface area contributed by atoms with Gasteiger partial charge in [0.25, 0.3) is 0 Å². The fourth-order valence-electron chi connectivity index (χ4n) is 2.86. The number of rotatable bonds is 5. The molecule has 1 fully saturated rings. The number of pyridine rings is 1. The van der Waals surface area contributed by atoms with Crippen LogP contribution in [-0.4, -0.2) is 42.9 Å². The minimum Gasteiger partial charge on any atom is -0.481 e. The Balaban J connectivity index is 2.19. The molecule has 110 valence electrons. The van der Waals surface area contributed by atoms with Gasteiger partial charge in [-0.1, -0.05) is 0 Å². The van der Waals surface area contributed by atoms with Crippen LogP contribution < -0.4 is 4.90 Å². The number of aryl methyl sites for hydroxylation is 1. The van der Waals surface area contributed by atoms with Gasteiger partial charge in [0.05, 0.1) is 5.41 Å². The summed E-state index contributed by atoms with van der Waals surface area (Å²) in [7, 11) is 1.61. The van der Waals surface area contributed by atoms with Gasteiger partial charge in [0, 0.05) is 44.4 Å². The first kappa shape index (κ1) is 14.8. The number of hydrogen-bond acceptors (Lipinski definition) is 4. The van der Waals surface area contributed by atoms with Crippen molar-refractivity contribution in [3.8, 4) is 0 Å².